The molecular formula is C42H76N6O4S2. The number of unbranched alkanes of at least 4 members (excludes halogenated alkanes) is 28. The smallest absolute Gasteiger partial charge is 0.211 e. The first kappa shape index (κ1) is 51.8. The van der Waals surface area contributed by atoms with E-state index in [1.165, 1.54) is 15.5 Å². The predicted octanol–water partition coefficient (Wildman–Crippen LogP) is 11.2. The molecule has 0 saturated heterocycles. The van der Waals surface area contributed by atoms with Crippen LogP contribution >= 0.6 is 0 Å². The van der Waals surface area contributed by atoms with Gasteiger partial charge in [-0.2, -0.15) is 21.0 Å². The lowest BCUT2D eigenvalue weighted by atomic mass is 10.1. The van der Waals surface area contributed by atoms with E-state index in [-0.39, 0.29) is 0 Å². The van der Waals surface area contributed by atoms with Gasteiger partial charge in [0.2, 0.25) is 20.0 Å². The molecule has 54 heavy (non-hydrogen) atoms. The standard InChI is InChI=1S/C42H76N6O4S2/c1-42(53(49,50)47(38-30-22-14-6-2-10-18-26-34-43)39-31-23-15-7-3-11-19-27-35-44)54(51,52)48(40-32-24-16-8-4-12-20-28-36-45)41-33-25-17-9-5-13-21-29-37-46/h42H,2-33,38-41H2,1H3. The van der Waals surface area contributed by atoms with E-state index in [2.05, 4.69) is 24.3 Å². The highest BCUT2D eigenvalue weighted by atomic mass is 32.3. The number of hydrogen-bond donors (Lipinski definition) is 0. The van der Waals surface area contributed by atoms with E-state index >= 15 is 0 Å². The highest BCUT2D eigenvalue weighted by molar-refractivity contribution is 8.06. The van der Waals surface area contributed by atoms with Crippen molar-refractivity contribution in [1.82, 2.24) is 8.61 Å². The number of nitriles is 4. The van der Waals surface area contributed by atoms with E-state index in [9.17, 15) is 16.8 Å². The van der Waals surface area contributed by atoms with E-state index in [1.54, 1.807) is 0 Å². The van der Waals surface area contributed by atoms with Crippen molar-refractivity contribution in [2.24, 2.45) is 0 Å². The zero-order valence-electron chi connectivity index (χ0n) is 34.2. The lowest BCUT2D eigenvalue weighted by Gasteiger charge is -2.30. The van der Waals surface area contributed by atoms with E-state index in [4.69, 9.17) is 21.0 Å². The molecule has 0 aromatic carbocycles. The third-order valence-electron chi connectivity index (χ3n) is 10.3. The first-order valence-electron chi connectivity index (χ1n) is 21.7. The molecule has 0 aliphatic heterocycles. The van der Waals surface area contributed by atoms with Gasteiger partial charge in [0.05, 0.1) is 24.3 Å². The summed E-state index contributed by atoms with van der Waals surface area (Å²) in [5.74, 6) is 0. The Morgan fingerprint density at radius 1 is 0.333 bits per heavy atom. The Morgan fingerprint density at radius 2 is 0.500 bits per heavy atom. The molecule has 0 rings (SSSR count). The van der Waals surface area contributed by atoms with E-state index < -0.39 is 24.6 Å². The van der Waals surface area contributed by atoms with E-state index in [1.807, 2.05) is 0 Å². The molecular weight excluding hydrogens is 717 g/mol. The van der Waals surface area contributed by atoms with Gasteiger partial charge in [-0.25, -0.2) is 25.4 Å². The van der Waals surface area contributed by atoms with Crippen molar-refractivity contribution in [3.05, 3.63) is 0 Å². The molecule has 0 N–H and O–H groups in total. The predicted molar refractivity (Wildman–Crippen MR) is 221 cm³/mol. The van der Waals surface area contributed by atoms with Gasteiger partial charge >= 0.3 is 0 Å². The second-order valence-corrected chi connectivity index (χ2v) is 19.8. The van der Waals surface area contributed by atoms with Crippen molar-refractivity contribution in [2.45, 2.75) is 217 Å². The molecule has 0 saturated carbocycles. The molecule has 0 aromatic heterocycles. The Bertz CT molecular complexity index is 1120. The Balaban J connectivity index is 5.50. The first-order valence-corrected chi connectivity index (χ1v) is 24.7. The van der Waals surface area contributed by atoms with Crippen LogP contribution in [0.1, 0.15) is 212 Å². The minimum atomic E-state index is -4.12. The highest BCUT2D eigenvalue weighted by Crippen LogP contribution is 2.23. The van der Waals surface area contributed by atoms with Crippen LogP contribution in [-0.2, 0) is 20.0 Å². The molecule has 10 nitrogen and oxygen atoms in total. The fourth-order valence-electron chi connectivity index (χ4n) is 6.81. The first-order chi connectivity index (χ1) is 26.2. The molecule has 0 amide bonds. The zero-order valence-corrected chi connectivity index (χ0v) is 35.8. The maximum Gasteiger partial charge on any atom is 0.232 e. The second-order valence-electron chi connectivity index (χ2n) is 15.0. The van der Waals surface area contributed by atoms with Crippen molar-refractivity contribution >= 4 is 20.0 Å². The minimum Gasteiger partial charge on any atom is -0.211 e. The lowest BCUT2D eigenvalue weighted by Crippen LogP contribution is -2.48. The largest absolute Gasteiger partial charge is 0.232 e. The fourth-order valence-corrected chi connectivity index (χ4v) is 11.1. The van der Waals surface area contributed by atoms with Crippen LogP contribution < -0.4 is 0 Å². The summed E-state index contributed by atoms with van der Waals surface area (Å²) in [6, 6.07) is 8.74. The van der Waals surface area contributed by atoms with Crippen molar-refractivity contribution in [3.8, 4) is 24.3 Å². The van der Waals surface area contributed by atoms with Crippen LogP contribution in [0.3, 0.4) is 0 Å². The van der Waals surface area contributed by atoms with Crippen LogP contribution in [-0.4, -0.2) is 56.2 Å². The van der Waals surface area contributed by atoms with Gasteiger partial charge in [0.15, 0.2) is 4.58 Å². The number of rotatable bonds is 40. The second kappa shape index (κ2) is 36.4. The van der Waals surface area contributed by atoms with Crippen molar-refractivity contribution < 1.29 is 16.8 Å². The lowest BCUT2D eigenvalue weighted by molar-refractivity contribution is 0.371. The topological polar surface area (TPSA) is 170 Å². The molecule has 0 aromatic rings. The highest BCUT2D eigenvalue weighted by Gasteiger charge is 2.41. The van der Waals surface area contributed by atoms with Crippen LogP contribution in [0.15, 0.2) is 0 Å². The van der Waals surface area contributed by atoms with Crippen molar-refractivity contribution in [1.29, 1.82) is 21.0 Å². The number of sulfonamides is 2. The third-order valence-corrected chi connectivity index (χ3v) is 15.6. The molecule has 0 aliphatic carbocycles. The summed E-state index contributed by atoms with van der Waals surface area (Å²) in [5.41, 5.74) is 0. The van der Waals surface area contributed by atoms with E-state index in [0.717, 1.165) is 154 Å². The van der Waals surface area contributed by atoms with Gasteiger partial charge in [-0.1, -0.05) is 128 Å². The van der Waals surface area contributed by atoms with E-state index in [0.29, 0.717) is 77.5 Å². The number of nitrogens with zero attached hydrogens (tertiary/aromatic N) is 6. The van der Waals surface area contributed by atoms with Gasteiger partial charge in [-0.15, -0.1) is 0 Å². The third kappa shape index (κ3) is 27.4. The summed E-state index contributed by atoms with van der Waals surface area (Å²) in [6.45, 7) is 2.68. The molecule has 0 radical (unpaired) electrons. The summed E-state index contributed by atoms with van der Waals surface area (Å²) in [6.07, 6.45) is 28.9. The van der Waals surface area contributed by atoms with Crippen LogP contribution in [0, 0.1) is 45.3 Å². The monoisotopic (exact) mass is 793 g/mol. The van der Waals surface area contributed by atoms with Crippen molar-refractivity contribution in [3.63, 3.8) is 0 Å². The van der Waals surface area contributed by atoms with Crippen LogP contribution in [0.2, 0.25) is 0 Å². The molecule has 0 fully saturated rings. The molecule has 0 aliphatic rings. The van der Waals surface area contributed by atoms with Crippen LogP contribution in [0.5, 0.6) is 0 Å². The summed E-state index contributed by atoms with van der Waals surface area (Å²) in [4.78, 5) is 0. The van der Waals surface area contributed by atoms with Crippen LogP contribution in [0.25, 0.3) is 0 Å². The van der Waals surface area contributed by atoms with Gasteiger partial charge in [-0.05, 0) is 58.3 Å². The normalized spacial score (nSPS) is 11.9. The van der Waals surface area contributed by atoms with Gasteiger partial charge in [0.1, 0.15) is 0 Å². The van der Waals surface area contributed by atoms with Gasteiger partial charge in [0, 0.05) is 51.9 Å². The summed E-state index contributed by atoms with van der Waals surface area (Å²) >= 11 is 0. The van der Waals surface area contributed by atoms with Gasteiger partial charge in [-0.3, -0.25) is 0 Å². The Kier molecular flexibility index (Phi) is 34.9. The van der Waals surface area contributed by atoms with Gasteiger partial charge < -0.3 is 0 Å². The minimum absolute atomic E-state index is 0.327. The Labute approximate surface area is 332 Å². The average molecular weight is 793 g/mol. The zero-order chi connectivity index (χ0) is 40.0. The molecule has 0 atom stereocenters. The summed E-state index contributed by atoms with van der Waals surface area (Å²) < 4.78 is 58.1. The molecule has 0 spiro atoms. The van der Waals surface area contributed by atoms with Gasteiger partial charge in [0.25, 0.3) is 0 Å². The quantitative estimate of drug-likeness (QED) is 0.0552. The average Bonchev–Trinajstić information content (AvgIpc) is 3.16. The summed E-state index contributed by atoms with van der Waals surface area (Å²) in [7, 11) is -8.25. The summed E-state index contributed by atoms with van der Waals surface area (Å²) in [5, 5.41) is 35.0. The van der Waals surface area contributed by atoms with Crippen molar-refractivity contribution in [2.75, 3.05) is 26.2 Å². The Hall–Kier alpha value is -2.22. The molecule has 0 bridgehead atoms. The maximum atomic E-state index is 14.2. The SMILES string of the molecule is CC(S(=O)(=O)N(CCCCCCCCCC#N)CCCCCCCCCC#N)S(=O)(=O)N(CCCCCCCCCC#N)CCCCCCCCCC#N. The van der Waals surface area contributed by atoms with Crippen LogP contribution in [0.4, 0.5) is 0 Å². The molecule has 0 unspecified atom stereocenters. The fraction of sp³-hybridized carbons (Fsp3) is 0.905. The molecule has 12 heteroatoms. The Morgan fingerprint density at radius 3 is 0.685 bits per heavy atom. The number of hydrogen-bond acceptors (Lipinski definition) is 8. The molecule has 0 heterocycles. The maximum absolute atomic E-state index is 14.2. The molecule has 310 valence electrons.